The van der Waals surface area contributed by atoms with Crippen molar-refractivity contribution in [2.45, 2.75) is 83.1 Å². The number of rotatable bonds is 6. The summed E-state index contributed by atoms with van der Waals surface area (Å²) >= 11 is 3.40. The van der Waals surface area contributed by atoms with E-state index in [9.17, 15) is 9.90 Å². The Labute approximate surface area is 141 Å². The summed E-state index contributed by atoms with van der Waals surface area (Å²) in [5.41, 5.74) is -0.565. The van der Waals surface area contributed by atoms with Gasteiger partial charge in [0.25, 0.3) is 0 Å². The molecule has 6 heteroatoms. The molecule has 22 heavy (non-hydrogen) atoms. The predicted octanol–water partition coefficient (Wildman–Crippen LogP) is 3.59. The zero-order chi connectivity index (χ0) is 16.8. The lowest BCUT2D eigenvalue weighted by molar-refractivity contribution is 0.00680. The molecule has 1 saturated heterocycles. The van der Waals surface area contributed by atoms with Crippen LogP contribution in [0.2, 0.25) is 0 Å². The van der Waals surface area contributed by atoms with E-state index in [0.717, 1.165) is 24.6 Å². The summed E-state index contributed by atoms with van der Waals surface area (Å²) in [5, 5.41) is 20.0. The summed E-state index contributed by atoms with van der Waals surface area (Å²) in [7, 11) is 0. The highest BCUT2D eigenvalue weighted by molar-refractivity contribution is 9.09. The van der Waals surface area contributed by atoms with Gasteiger partial charge in [-0.25, -0.2) is 4.79 Å². The van der Waals surface area contributed by atoms with Crippen molar-refractivity contribution in [2.75, 3.05) is 5.33 Å². The number of unbranched alkanes of at least 4 members (excludes halogenated alkanes) is 1. The van der Waals surface area contributed by atoms with Gasteiger partial charge in [0.1, 0.15) is 5.60 Å². The molecule has 1 aliphatic heterocycles. The first-order valence-corrected chi connectivity index (χ1v) is 9.04. The summed E-state index contributed by atoms with van der Waals surface area (Å²) in [4.78, 5) is 14.2. The van der Waals surface area contributed by atoms with Gasteiger partial charge in [-0.05, 0) is 46.5 Å². The molecule has 0 aliphatic carbocycles. The number of likely N-dealkylation sites (tertiary alicyclic amines) is 1. The highest BCUT2D eigenvalue weighted by atomic mass is 79.9. The van der Waals surface area contributed by atoms with Gasteiger partial charge in [0.05, 0.1) is 18.2 Å². The van der Waals surface area contributed by atoms with E-state index in [-0.39, 0.29) is 18.2 Å². The number of nitrogens with zero attached hydrogens (tertiary/aromatic N) is 2. The smallest absolute Gasteiger partial charge is 0.410 e. The van der Waals surface area contributed by atoms with Crippen LogP contribution in [0, 0.1) is 11.3 Å². The van der Waals surface area contributed by atoms with Gasteiger partial charge in [0.15, 0.2) is 0 Å². The minimum absolute atomic E-state index is 0.113. The molecule has 1 heterocycles. The molecule has 0 radical (unpaired) electrons. The number of hydrogen-bond donors (Lipinski definition) is 1. The van der Waals surface area contributed by atoms with Crippen molar-refractivity contribution in [3.8, 4) is 6.07 Å². The lowest BCUT2D eigenvalue weighted by Crippen LogP contribution is -2.46. The molecule has 1 fully saturated rings. The lowest BCUT2D eigenvalue weighted by Gasteiger charge is -2.32. The van der Waals surface area contributed by atoms with Crippen LogP contribution in [-0.4, -0.2) is 45.2 Å². The fraction of sp³-hybridized carbons (Fsp3) is 0.875. The average Bonchev–Trinajstić information content (AvgIpc) is 2.71. The lowest BCUT2D eigenvalue weighted by atomic mass is 10.0. The Bertz CT molecular complexity index is 403. The third-order valence-electron chi connectivity index (χ3n) is 3.79. The Morgan fingerprint density at radius 2 is 2.09 bits per heavy atom. The molecule has 1 amide bonds. The number of ether oxygens (including phenoxy) is 1. The number of nitriles is 1. The average molecular weight is 375 g/mol. The second kappa shape index (κ2) is 8.73. The summed E-state index contributed by atoms with van der Waals surface area (Å²) in [5.74, 6) is 0. The minimum Gasteiger partial charge on any atom is -0.444 e. The first kappa shape index (κ1) is 19.2. The monoisotopic (exact) mass is 374 g/mol. The van der Waals surface area contributed by atoms with E-state index in [0.29, 0.717) is 19.3 Å². The van der Waals surface area contributed by atoms with Crippen LogP contribution in [0.15, 0.2) is 0 Å². The first-order chi connectivity index (χ1) is 10.3. The van der Waals surface area contributed by atoms with Gasteiger partial charge in [-0.1, -0.05) is 22.4 Å². The Morgan fingerprint density at radius 3 is 2.64 bits per heavy atom. The molecule has 126 valence electrons. The second-order valence-electron chi connectivity index (χ2n) is 6.79. The quantitative estimate of drug-likeness (QED) is 0.569. The number of carbonyl (C=O) groups is 1. The fourth-order valence-electron chi connectivity index (χ4n) is 2.87. The van der Waals surface area contributed by atoms with E-state index in [1.807, 2.05) is 20.8 Å². The molecule has 5 nitrogen and oxygen atoms in total. The van der Waals surface area contributed by atoms with Gasteiger partial charge in [0, 0.05) is 17.8 Å². The van der Waals surface area contributed by atoms with E-state index >= 15 is 0 Å². The van der Waals surface area contributed by atoms with Crippen molar-refractivity contribution in [1.29, 1.82) is 5.26 Å². The Balaban J connectivity index is 2.82. The van der Waals surface area contributed by atoms with Crippen LogP contribution in [0.25, 0.3) is 0 Å². The fourth-order valence-corrected chi connectivity index (χ4v) is 3.27. The molecule has 0 spiro atoms. The maximum absolute atomic E-state index is 12.5. The van der Waals surface area contributed by atoms with Crippen molar-refractivity contribution >= 4 is 22.0 Å². The summed E-state index contributed by atoms with van der Waals surface area (Å²) in [6.07, 6.45) is 3.29. The van der Waals surface area contributed by atoms with Crippen LogP contribution in [0.3, 0.4) is 0 Å². The second-order valence-corrected chi connectivity index (χ2v) is 7.59. The van der Waals surface area contributed by atoms with Crippen molar-refractivity contribution in [3.63, 3.8) is 0 Å². The number of aliphatic hydroxyl groups excluding tert-OH is 1. The number of hydrogen-bond acceptors (Lipinski definition) is 4. The van der Waals surface area contributed by atoms with Gasteiger partial charge >= 0.3 is 6.09 Å². The maximum atomic E-state index is 12.5. The van der Waals surface area contributed by atoms with Gasteiger partial charge in [-0.15, -0.1) is 0 Å². The van der Waals surface area contributed by atoms with E-state index in [4.69, 9.17) is 10.00 Å². The van der Waals surface area contributed by atoms with Gasteiger partial charge < -0.3 is 9.84 Å². The molecule has 0 aromatic heterocycles. The Morgan fingerprint density at radius 1 is 1.41 bits per heavy atom. The SMILES string of the molecule is CC(C)(C)OC(=O)N1[C@H](CCC#N)C[C@H](O)[C@H]1CCCCBr. The van der Waals surface area contributed by atoms with E-state index in [1.54, 1.807) is 4.90 Å². The van der Waals surface area contributed by atoms with Gasteiger partial charge in [-0.2, -0.15) is 5.26 Å². The van der Waals surface area contributed by atoms with Crippen LogP contribution in [0.5, 0.6) is 0 Å². The number of aliphatic hydroxyl groups is 1. The summed E-state index contributed by atoms with van der Waals surface area (Å²) in [6, 6.07) is 1.79. The van der Waals surface area contributed by atoms with Crippen LogP contribution >= 0.6 is 15.9 Å². The molecule has 1 N–H and O–H groups in total. The predicted molar refractivity (Wildman–Crippen MR) is 88.8 cm³/mol. The highest BCUT2D eigenvalue weighted by Crippen LogP contribution is 2.32. The molecule has 0 aromatic rings. The molecule has 0 saturated carbocycles. The summed E-state index contributed by atoms with van der Waals surface area (Å²) in [6.45, 7) is 5.50. The van der Waals surface area contributed by atoms with Gasteiger partial charge in [0.2, 0.25) is 0 Å². The normalized spacial score (nSPS) is 25.1. The summed E-state index contributed by atoms with van der Waals surface area (Å²) < 4.78 is 5.50. The van der Waals surface area contributed by atoms with Crippen LogP contribution in [0.4, 0.5) is 4.79 Å². The molecule has 0 bridgehead atoms. The van der Waals surface area contributed by atoms with Crippen molar-refractivity contribution < 1.29 is 14.6 Å². The standard InChI is InChI=1S/C16H27BrN2O3/c1-16(2,3)22-15(21)19-12(7-6-10-18)11-14(20)13(19)8-4-5-9-17/h12-14,20H,4-9,11H2,1-3H3/t12-,13-,14+/m1/s1. The highest BCUT2D eigenvalue weighted by Gasteiger charge is 2.43. The molecule has 3 atom stereocenters. The van der Waals surface area contributed by atoms with Gasteiger partial charge in [-0.3, -0.25) is 4.90 Å². The third kappa shape index (κ3) is 5.77. The topological polar surface area (TPSA) is 73.6 Å². The molecule has 1 rings (SSSR count). The van der Waals surface area contributed by atoms with Crippen molar-refractivity contribution in [2.24, 2.45) is 0 Å². The van der Waals surface area contributed by atoms with Crippen molar-refractivity contribution in [1.82, 2.24) is 4.90 Å². The van der Waals surface area contributed by atoms with Crippen molar-refractivity contribution in [3.05, 3.63) is 0 Å². The Kier molecular flexibility index (Phi) is 7.64. The molecular formula is C16H27BrN2O3. The number of carbonyl (C=O) groups excluding carboxylic acids is 1. The van der Waals surface area contributed by atoms with Crippen LogP contribution in [-0.2, 0) is 4.74 Å². The number of halogens is 1. The van der Waals surface area contributed by atoms with Crippen LogP contribution < -0.4 is 0 Å². The largest absolute Gasteiger partial charge is 0.444 e. The van der Waals surface area contributed by atoms with E-state index in [2.05, 4.69) is 22.0 Å². The molecular weight excluding hydrogens is 348 g/mol. The molecule has 0 aromatic carbocycles. The maximum Gasteiger partial charge on any atom is 0.410 e. The molecule has 0 unspecified atom stereocenters. The number of amides is 1. The zero-order valence-corrected chi connectivity index (χ0v) is 15.3. The van der Waals surface area contributed by atoms with E-state index in [1.165, 1.54) is 0 Å². The van der Waals surface area contributed by atoms with E-state index < -0.39 is 11.7 Å². The third-order valence-corrected chi connectivity index (χ3v) is 4.35. The van der Waals surface area contributed by atoms with Crippen LogP contribution in [0.1, 0.15) is 59.3 Å². The zero-order valence-electron chi connectivity index (χ0n) is 13.7. The minimum atomic E-state index is -0.565. The first-order valence-electron chi connectivity index (χ1n) is 7.92. The molecule has 1 aliphatic rings. The number of alkyl halides is 1. The Hall–Kier alpha value is -0.800.